The van der Waals surface area contributed by atoms with E-state index in [-0.39, 0.29) is 18.4 Å². The molecule has 0 aromatic heterocycles. The van der Waals surface area contributed by atoms with E-state index >= 15 is 0 Å². The van der Waals surface area contributed by atoms with E-state index in [0.717, 1.165) is 37.2 Å². The fraction of sp³-hybridized carbons (Fsp3) is 0.529. The lowest BCUT2D eigenvalue weighted by molar-refractivity contribution is -0.131. The number of amides is 2. The number of carbonyl (C=O) groups is 2. The summed E-state index contributed by atoms with van der Waals surface area (Å²) in [6, 6.07) is 5.32. The number of anilines is 1. The molecule has 22 heavy (non-hydrogen) atoms. The van der Waals surface area contributed by atoms with Gasteiger partial charge >= 0.3 is 0 Å². The summed E-state index contributed by atoms with van der Waals surface area (Å²) < 4.78 is 0. The average molecular weight is 325 g/mol. The van der Waals surface area contributed by atoms with E-state index in [1.165, 1.54) is 11.8 Å². The Morgan fingerprint density at radius 1 is 1.14 bits per heavy atom. The van der Waals surface area contributed by atoms with Gasteiger partial charge in [-0.2, -0.15) is 0 Å². The van der Waals surface area contributed by atoms with Gasteiger partial charge in [-0.1, -0.05) is 25.4 Å². The minimum atomic E-state index is -0.147. The number of carbonyl (C=O) groups excluding carboxylic acids is 2. The Bertz CT molecular complexity index is 525. The first-order valence-electron chi connectivity index (χ1n) is 7.72. The van der Waals surface area contributed by atoms with Crippen molar-refractivity contribution in [1.29, 1.82) is 0 Å². The molecule has 0 atom stereocenters. The predicted octanol–water partition coefficient (Wildman–Crippen LogP) is 3.65. The highest BCUT2D eigenvalue weighted by Crippen LogP contribution is 2.24. The summed E-state index contributed by atoms with van der Waals surface area (Å²) in [5, 5.41) is 0.620. The van der Waals surface area contributed by atoms with Gasteiger partial charge < -0.3 is 9.80 Å². The van der Waals surface area contributed by atoms with Gasteiger partial charge in [0.15, 0.2) is 0 Å². The predicted molar refractivity (Wildman–Crippen MR) is 91.4 cm³/mol. The second-order valence-corrected chi connectivity index (χ2v) is 5.85. The van der Waals surface area contributed by atoms with Gasteiger partial charge in [0.2, 0.25) is 11.8 Å². The monoisotopic (exact) mass is 324 g/mol. The van der Waals surface area contributed by atoms with Crippen LogP contribution in [0.4, 0.5) is 5.69 Å². The highest BCUT2D eigenvalue weighted by molar-refractivity contribution is 6.30. The van der Waals surface area contributed by atoms with Gasteiger partial charge in [0.1, 0.15) is 6.54 Å². The van der Waals surface area contributed by atoms with E-state index in [0.29, 0.717) is 5.02 Å². The summed E-state index contributed by atoms with van der Waals surface area (Å²) in [4.78, 5) is 27.8. The lowest BCUT2D eigenvalue weighted by Gasteiger charge is -2.27. The molecule has 1 aromatic carbocycles. The third-order valence-electron chi connectivity index (χ3n) is 3.46. The van der Waals surface area contributed by atoms with Crippen LogP contribution in [-0.4, -0.2) is 36.3 Å². The molecule has 0 aliphatic rings. The summed E-state index contributed by atoms with van der Waals surface area (Å²) in [6.07, 6.45) is 1.82. The molecule has 1 aromatic rings. The van der Waals surface area contributed by atoms with Crippen molar-refractivity contribution < 1.29 is 9.59 Å². The zero-order valence-corrected chi connectivity index (χ0v) is 14.6. The first-order chi connectivity index (χ1) is 10.4. The van der Waals surface area contributed by atoms with Crippen molar-refractivity contribution in [3.8, 4) is 0 Å². The molecule has 0 bridgehead atoms. The van der Waals surface area contributed by atoms with Crippen molar-refractivity contribution >= 4 is 29.1 Å². The summed E-state index contributed by atoms with van der Waals surface area (Å²) in [5.41, 5.74) is 1.62. The van der Waals surface area contributed by atoms with E-state index in [9.17, 15) is 9.59 Å². The number of nitrogens with zero attached hydrogens (tertiary/aromatic N) is 2. The molecule has 0 aliphatic heterocycles. The molecule has 1 rings (SSSR count). The fourth-order valence-corrected chi connectivity index (χ4v) is 2.65. The lowest BCUT2D eigenvalue weighted by Crippen LogP contribution is -2.43. The second kappa shape index (κ2) is 8.79. The molecular weight excluding hydrogens is 300 g/mol. The molecular formula is C17H25ClN2O2. The number of rotatable bonds is 7. The molecule has 4 nitrogen and oxygen atoms in total. The number of benzene rings is 1. The van der Waals surface area contributed by atoms with Gasteiger partial charge in [-0.25, -0.2) is 0 Å². The third kappa shape index (κ3) is 5.02. The van der Waals surface area contributed by atoms with Gasteiger partial charge in [-0.15, -0.1) is 0 Å². The van der Waals surface area contributed by atoms with Gasteiger partial charge in [0.05, 0.1) is 0 Å². The smallest absolute Gasteiger partial charge is 0.242 e. The van der Waals surface area contributed by atoms with Crippen LogP contribution in [0.3, 0.4) is 0 Å². The Labute approximate surface area is 138 Å². The molecule has 0 heterocycles. The van der Waals surface area contributed by atoms with Crippen molar-refractivity contribution in [2.75, 3.05) is 24.5 Å². The molecule has 122 valence electrons. The quantitative estimate of drug-likeness (QED) is 0.768. The fourth-order valence-electron chi connectivity index (χ4n) is 2.42. The Morgan fingerprint density at radius 2 is 1.73 bits per heavy atom. The standard InChI is InChI=1S/C17H25ClN2O2/c1-5-9-19(10-6-2)17(22)12-20(14(4)21)16-8-7-15(18)11-13(16)3/h7-8,11H,5-6,9-10,12H2,1-4H3. The first-order valence-corrected chi connectivity index (χ1v) is 8.10. The number of aryl methyl sites for hydroxylation is 1. The molecule has 0 N–H and O–H groups in total. The maximum atomic E-state index is 12.5. The van der Waals surface area contributed by atoms with Gasteiger partial charge in [-0.3, -0.25) is 9.59 Å². The molecule has 0 fully saturated rings. The van der Waals surface area contributed by atoms with E-state index in [1.807, 2.05) is 25.7 Å². The minimum Gasteiger partial charge on any atom is -0.341 e. The number of halogens is 1. The van der Waals surface area contributed by atoms with Crippen molar-refractivity contribution in [2.45, 2.75) is 40.5 Å². The van der Waals surface area contributed by atoms with E-state index in [1.54, 1.807) is 18.2 Å². The van der Waals surface area contributed by atoms with Crippen LogP contribution in [0.1, 0.15) is 39.2 Å². The van der Waals surface area contributed by atoms with Crippen molar-refractivity contribution in [2.24, 2.45) is 0 Å². The van der Waals surface area contributed by atoms with Crippen molar-refractivity contribution in [3.05, 3.63) is 28.8 Å². The molecule has 0 spiro atoms. The van der Waals surface area contributed by atoms with Crippen LogP contribution in [0.2, 0.25) is 5.02 Å². The van der Waals surface area contributed by atoms with Crippen LogP contribution in [0.25, 0.3) is 0 Å². The molecule has 0 saturated carbocycles. The number of hydrogen-bond donors (Lipinski definition) is 0. The van der Waals surface area contributed by atoms with Crippen molar-refractivity contribution in [1.82, 2.24) is 4.90 Å². The van der Waals surface area contributed by atoms with Crippen LogP contribution in [0.15, 0.2) is 18.2 Å². The maximum Gasteiger partial charge on any atom is 0.242 e. The lowest BCUT2D eigenvalue weighted by atomic mass is 10.1. The highest BCUT2D eigenvalue weighted by atomic mass is 35.5. The van der Waals surface area contributed by atoms with Gasteiger partial charge in [0.25, 0.3) is 0 Å². The summed E-state index contributed by atoms with van der Waals surface area (Å²) >= 11 is 5.96. The Morgan fingerprint density at radius 3 is 2.18 bits per heavy atom. The zero-order chi connectivity index (χ0) is 16.7. The Balaban J connectivity index is 2.96. The molecule has 2 amide bonds. The zero-order valence-electron chi connectivity index (χ0n) is 13.9. The minimum absolute atomic E-state index is 0.0201. The second-order valence-electron chi connectivity index (χ2n) is 5.42. The molecule has 0 radical (unpaired) electrons. The van der Waals surface area contributed by atoms with Gasteiger partial charge in [-0.05, 0) is 43.5 Å². The molecule has 5 heteroatoms. The van der Waals surface area contributed by atoms with E-state index < -0.39 is 0 Å². The maximum absolute atomic E-state index is 12.5. The van der Waals surface area contributed by atoms with Crippen LogP contribution in [-0.2, 0) is 9.59 Å². The number of hydrogen-bond acceptors (Lipinski definition) is 2. The summed E-state index contributed by atoms with van der Waals surface area (Å²) in [6.45, 7) is 8.96. The highest BCUT2D eigenvalue weighted by Gasteiger charge is 2.21. The Hall–Kier alpha value is -1.55. The van der Waals surface area contributed by atoms with E-state index in [4.69, 9.17) is 11.6 Å². The average Bonchev–Trinajstić information content (AvgIpc) is 2.44. The van der Waals surface area contributed by atoms with Crippen LogP contribution in [0, 0.1) is 6.92 Å². The summed E-state index contributed by atoms with van der Waals surface area (Å²) in [7, 11) is 0. The van der Waals surface area contributed by atoms with Crippen LogP contribution < -0.4 is 4.90 Å². The Kier molecular flexibility index (Phi) is 7.39. The largest absolute Gasteiger partial charge is 0.341 e. The van der Waals surface area contributed by atoms with Gasteiger partial charge in [0, 0.05) is 30.7 Å². The van der Waals surface area contributed by atoms with Crippen LogP contribution in [0.5, 0.6) is 0 Å². The third-order valence-corrected chi connectivity index (χ3v) is 3.70. The van der Waals surface area contributed by atoms with Crippen LogP contribution >= 0.6 is 11.6 Å². The summed E-state index contributed by atoms with van der Waals surface area (Å²) in [5.74, 6) is -0.167. The first kappa shape index (κ1) is 18.5. The normalized spacial score (nSPS) is 10.4. The topological polar surface area (TPSA) is 40.6 Å². The molecule has 0 saturated heterocycles. The molecule has 0 aliphatic carbocycles. The van der Waals surface area contributed by atoms with E-state index in [2.05, 4.69) is 0 Å². The van der Waals surface area contributed by atoms with Crippen molar-refractivity contribution in [3.63, 3.8) is 0 Å². The SMILES string of the molecule is CCCN(CCC)C(=O)CN(C(C)=O)c1ccc(Cl)cc1C. The molecule has 0 unspecified atom stereocenters.